The van der Waals surface area contributed by atoms with E-state index in [1.807, 2.05) is 24.3 Å². The van der Waals surface area contributed by atoms with Crippen LogP contribution in [0.25, 0.3) is 28.2 Å². The van der Waals surface area contributed by atoms with Gasteiger partial charge in [-0.05, 0) is 67.6 Å². The number of hydrogen-bond acceptors (Lipinski definition) is 5. The van der Waals surface area contributed by atoms with E-state index in [4.69, 9.17) is 16.0 Å². The first-order valence-corrected chi connectivity index (χ1v) is 10.5. The quantitative estimate of drug-likeness (QED) is 0.398. The summed E-state index contributed by atoms with van der Waals surface area (Å²) in [5.41, 5.74) is 3.37. The Kier molecular flexibility index (Phi) is 5.24. The molecule has 8 heteroatoms. The minimum atomic E-state index is -0.600. The van der Waals surface area contributed by atoms with Crippen LogP contribution in [-0.4, -0.2) is 20.7 Å². The van der Waals surface area contributed by atoms with E-state index in [0.717, 1.165) is 11.1 Å². The second-order valence-electron chi connectivity index (χ2n) is 7.41. The summed E-state index contributed by atoms with van der Waals surface area (Å²) in [6.45, 7) is 1.75. The molecule has 0 spiro atoms. The van der Waals surface area contributed by atoms with Gasteiger partial charge in [-0.2, -0.15) is 5.10 Å². The van der Waals surface area contributed by atoms with Crippen molar-refractivity contribution in [2.45, 2.75) is 6.92 Å². The number of carbonyl (C=O) groups excluding carboxylic acids is 1. The van der Waals surface area contributed by atoms with Crippen molar-refractivity contribution in [3.63, 3.8) is 0 Å². The number of nitrogens with zero attached hydrogens (tertiary/aromatic N) is 3. The summed E-state index contributed by atoms with van der Waals surface area (Å²) in [6.07, 6.45) is 0. The summed E-state index contributed by atoms with van der Waals surface area (Å²) < 4.78 is 7.30. The third-order valence-corrected chi connectivity index (χ3v) is 5.33. The summed E-state index contributed by atoms with van der Waals surface area (Å²) in [4.78, 5) is 29.7. The minimum absolute atomic E-state index is 0.210. The first-order chi connectivity index (χ1) is 16.0. The van der Waals surface area contributed by atoms with Gasteiger partial charge in [0.15, 0.2) is 11.3 Å². The van der Waals surface area contributed by atoms with Crippen molar-refractivity contribution < 1.29 is 9.21 Å². The smallest absolute Gasteiger partial charge is 0.280 e. The molecule has 0 bridgehead atoms. The Hall–Kier alpha value is -4.23. The molecule has 0 unspecified atom stereocenters. The van der Waals surface area contributed by atoms with Gasteiger partial charge in [0.1, 0.15) is 5.52 Å². The number of rotatable bonds is 4. The largest absolute Gasteiger partial charge is 0.436 e. The van der Waals surface area contributed by atoms with Gasteiger partial charge in [0.25, 0.3) is 5.91 Å². The number of nitrogens with one attached hydrogen (secondary N) is 1. The van der Waals surface area contributed by atoms with E-state index in [2.05, 4.69) is 15.4 Å². The van der Waals surface area contributed by atoms with Crippen LogP contribution in [0.5, 0.6) is 0 Å². The van der Waals surface area contributed by atoms with Crippen LogP contribution in [0.4, 0.5) is 5.69 Å². The lowest BCUT2D eigenvalue weighted by atomic mass is 10.2. The number of para-hydroxylation sites is 2. The van der Waals surface area contributed by atoms with Crippen molar-refractivity contribution in [1.29, 1.82) is 0 Å². The van der Waals surface area contributed by atoms with Crippen LogP contribution in [0.1, 0.15) is 16.2 Å². The van der Waals surface area contributed by atoms with Crippen LogP contribution >= 0.6 is 11.6 Å². The summed E-state index contributed by atoms with van der Waals surface area (Å²) >= 11 is 5.95. The highest BCUT2D eigenvalue weighted by Gasteiger charge is 2.16. The fourth-order valence-electron chi connectivity index (χ4n) is 3.43. The SMILES string of the molecule is Cc1cc(=O)c(C(=O)Nc2ccc(-c3nc4ccccc4o3)cc2)nn1-c1ccc(Cl)cc1. The van der Waals surface area contributed by atoms with E-state index >= 15 is 0 Å². The van der Waals surface area contributed by atoms with E-state index < -0.39 is 11.3 Å². The van der Waals surface area contributed by atoms with Crippen LogP contribution in [-0.2, 0) is 0 Å². The lowest BCUT2D eigenvalue weighted by Crippen LogP contribution is -2.26. The van der Waals surface area contributed by atoms with Gasteiger partial charge in [-0.1, -0.05) is 23.7 Å². The van der Waals surface area contributed by atoms with Crippen molar-refractivity contribution in [3.8, 4) is 17.1 Å². The fourth-order valence-corrected chi connectivity index (χ4v) is 3.56. The molecule has 0 aliphatic heterocycles. The van der Waals surface area contributed by atoms with Gasteiger partial charge in [0, 0.05) is 28.0 Å². The molecule has 0 fully saturated rings. The van der Waals surface area contributed by atoms with Gasteiger partial charge in [-0.15, -0.1) is 0 Å². The zero-order valence-electron chi connectivity index (χ0n) is 17.4. The molecule has 5 rings (SSSR count). The maximum absolute atomic E-state index is 12.8. The predicted octanol–water partition coefficient (Wildman–Crippen LogP) is 5.25. The molecule has 7 nitrogen and oxygen atoms in total. The molecule has 5 aromatic rings. The predicted molar refractivity (Wildman–Crippen MR) is 127 cm³/mol. The number of benzene rings is 3. The topological polar surface area (TPSA) is 90.0 Å². The number of hydrogen-bond donors (Lipinski definition) is 1. The molecule has 0 aliphatic carbocycles. The molecule has 0 aliphatic rings. The molecule has 0 atom stereocenters. The van der Waals surface area contributed by atoms with Gasteiger partial charge in [-0.3, -0.25) is 9.59 Å². The summed E-state index contributed by atoms with van der Waals surface area (Å²) in [7, 11) is 0. The second-order valence-corrected chi connectivity index (χ2v) is 7.84. The summed E-state index contributed by atoms with van der Waals surface area (Å²) in [5.74, 6) is -0.113. The Labute approximate surface area is 193 Å². The Morgan fingerprint density at radius 1 is 1.00 bits per heavy atom. The normalized spacial score (nSPS) is 11.0. The van der Waals surface area contributed by atoms with Crippen molar-refractivity contribution >= 4 is 34.3 Å². The fraction of sp³-hybridized carbons (Fsp3) is 0.0400. The highest BCUT2D eigenvalue weighted by atomic mass is 35.5. The van der Waals surface area contributed by atoms with E-state index in [-0.39, 0.29) is 5.69 Å². The third-order valence-electron chi connectivity index (χ3n) is 5.08. The van der Waals surface area contributed by atoms with Crippen molar-refractivity contribution in [2.75, 3.05) is 5.32 Å². The van der Waals surface area contributed by atoms with E-state index in [1.54, 1.807) is 55.5 Å². The number of fused-ring (bicyclic) bond motifs is 1. The number of aromatic nitrogens is 3. The molecule has 3 aromatic carbocycles. The summed E-state index contributed by atoms with van der Waals surface area (Å²) in [6, 6.07) is 22.9. The number of amides is 1. The van der Waals surface area contributed by atoms with Crippen molar-refractivity contribution in [1.82, 2.24) is 14.8 Å². The zero-order valence-corrected chi connectivity index (χ0v) is 18.2. The Balaban J connectivity index is 1.39. The average Bonchev–Trinajstić information content (AvgIpc) is 3.25. The molecule has 0 radical (unpaired) electrons. The number of carbonyl (C=O) groups is 1. The average molecular weight is 457 g/mol. The molecule has 0 saturated heterocycles. The van der Waals surface area contributed by atoms with Crippen LogP contribution in [0, 0.1) is 6.92 Å². The van der Waals surface area contributed by atoms with Crippen molar-refractivity contribution in [2.24, 2.45) is 0 Å². The van der Waals surface area contributed by atoms with E-state index in [0.29, 0.717) is 33.6 Å². The molecular weight excluding hydrogens is 440 g/mol. The maximum Gasteiger partial charge on any atom is 0.280 e. The van der Waals surface area contributed by atoms with Gasteiger partial charge >= 0.3 is 0 Å². The molecule has 2 heterocycles. The monoisotopic (exact) mass is 456 g/mol. The van der Waals surface area contributed by atoms with Crippen LogP contribution in [0.15, 0.2) is 88.1 Å². The highest BCUT2D eigenvalue weighted by molar-refractivity contribution is 6.30. The number of aryl methyl sites for hydroxylation is 1. The summed E-state index contributed by atoms with van der Waals surface area (Å²) in [5, 5.41) is 7.59. The molecular formula is C25H17ClN4O3. The van der Waals surface area contributed by atoms with Crippen molar-refractivity contribution in [3.05, 3.63) is 105 Å². The molecule has 1 N–H and O–H groups in total. The first-order valence-electron chi connectivity index (χ1n) is 10.1. The molecule has 2 aromatic heterocycles. The second kappa shape index (κ2) is 8.37. The van der Waals surface area contributed by atoms with E-state index in [1.165, 1.54) is 10.7 Å². The Morgan fingerprint density at radius 2 is 1.73 bits per heavy atom. The molecule has 33 heavy (non-hydrogen) atoms. The zero-order chi connectivity index (χ0) is 22.9. The number of oxazole rings is 1. The Morgan fingerprint density at radius 3 is 2.45 bits per heavy atom. The molecule has 162 valence electrons. The molecule has 0 saturated carbocycles. The van der Waals surface area contributed by atoms with Gasteiger partial charge < -0.3 is 9.73 Å². The van der Waals surface area contributed by atoms with Crippen LogP contribution in [0.3, 0.4) is 0 Å². The van der Waals surface area contributed by atoms with Crippen LogP contribution in [0.2, 0.25) is 5.02 Å². The van der Waals surface area contributed by atoms with Gasteiger partial charge in [-0.25, -0.2) is 9.67 Å². The standard InChI is InChI=1S/C25H17ClN4O3/c1-15-14-21(31)23(29-30(15)19-12-8-17(26)9-13-19)24(32)27-18-10-6-16(7-11-18)25-28-20-4-2-3-5-22(20)33-25/h2-14H,1H3,(H,27,32). The number of anilines is 1. The maximum atomic E-state index is 12.8. The Bertz CT molecular complexity index is 1500. The third kappa shape index (κ3) is 4.14. The van der Waals surface area contributed by atoms with E-state index in [9.17, 15) is 9.59 Å². The minimum Gasteiger partial charge on any atom is -0.436 e. The first kappa shape index (κ1) is 20.7. The van der Waals surface area contributed by atoms with Gasteiger partial charge in [0.05, 0.1) is 5.69 Å². The lowest BCUT2D eigenvalue weighted by molar-refractivity contribution is 0.101. The molecule has 1 amide bonds. The number of halogens is 1. The highest BCUT2D eigenvalue weighted by Crippen LogP contribution is 2.25. The van der Waals surface area contributed by atoms with Crippen LogP contribution < -0.4 is 10.7 Å². The lowest BCUT2D eigenvalue weighted by Gasteiger charge is -2.11. The van der Waals surface area contributed by atoms with Gasteiger partial charge in [0.2, 0.25) is 11.3 Å².